The zero-order chi connectivity index (χ0) is 9.84. The highest BCUT2D eigenvalue weighted by molar-refractivity contribution is 5.69. The summed E-state index contributed by atoms with van der Waals surface area (Å²) in [5, 5.41) is 4.07. The molecule has 0 aromatic carbocycles. The average molecular weight is 182 g/mol. The van der Waals surface area contributed by atoms with Crippen LogP contribution in [0, 0.1) is 6.92 Å². The van der Waals surface area contributed by atoms with Crippen LogP contribution in [0.5, 0.6) is 0 Å². The molecule has 0 radical (unpaired) electrons. The first-order valence-electron chi connectivity index (χ1n) is 4.27. The number of aryl methyl sites for hydroxylation is 1. The van der Waals surface area contributed by atoms with Gasteiger partial charge in [0.1, 0.15) is 6.54 Å². The molecule has 1 heterocycles. The van der Waals surface area contributed by atoms with Gasteiger partial charge in [-0.2, -0.15) is 5.10 Å². The molecular weight excluding hydrogens is 168 g/mol. The van der Waals surface area contributed by atoms with Gasteiger partial charge in [0.2, 0.25) is 0 Å². The molecule has 0 saturated heterocycles. The van der Waals surface area contributed by atoms with Crippen molar-refractivity contribution in [3.8, 4) is 0 Å². The fourth-order valence-electron chi connectivity index (χ4n) is 0.984. The van der Waals surface area contributed by atoms with Gasteiger partial charge in [0.05, 0.1) is 11.8 Å². The van der Waals surface area contributed by atoms with Crippen LogP contribution in [0.1, 0.15) is 19.5 Å². The molecular formula is C9H14N2O2. The summed E-state index contributed by atoms with van der Waals surface area (Å²) in [4.78, 5) is 11.1. The van der Waals surface area contributed by atoms with Crippen molar-refractivity contribution < 1.29 is 9.53 Å². The van der Waals surface area contributed by atoms with E-state index >= 15 is 0 Å². The Morgan fingerprint density at radius 2 is 2.38 bits per heavy atom. The van der Waals surface area contributed by atoms with Gasteiger partial charge in [0.15, 0.2) is 0 Å². The molecule has 0 aliphatic carbocycles. The monoisotopic (exact) mass is 182 g/mol. The molecule has 0 N–H and O–H groups in total. The molecule has 1 aromatic rings. The maximum Gasteiger partial charge on any atom is 0.328 e. The smallest absolute Gasteiger partial charge is 0.328 e. The molecule has 0 unspecified atom stereocenters. The van der Waals surface area contributed by atoms with Crippen molar-refractivity contribution in [3.63, 3.8) is 0 Å². The van der Waals surface area contributed by atoms with Gasteiger partial charge in [-0.25, -0.2) is 0 Å². The third kappa shape index (κ3) is 3.27. The first-order chi connectivity index (χ1) is 6.08. The Bertz CT molecular complexity index is 292. The Morgan fingerprint density at radius 1 is 1.69 bits per heavy atom. The molecule has 0 aliphatic heterocycles. The van der Waals surface area contributed by atoms with Crippen LogP contribution in [0.4, 0.5) is 0 Å². The molecule has 1 aromatic heterocycles. The molecule has 0 fully saturated rings. The summed E-state index contributed by atoms with van der Waals surface area (Å²) in [6.45, 7) is 5.72. The molecule has 0 aliphatic rings. The Balaban J connectivity index is 2.45. The van der Waals surface area contributed by atoms with E-state index in [9.17, 15) is 4.79 Å². The number of carbonyl (C=O) groups is 1. The molecule has 72 valence electrons. The van der Waals surface area contributed by atoms with Gasteiger partial charge < -0.3 is 4.74 Å². The Morgan fingerprint density at radius 3 is 2.85 bits per heavy atom. The number of hydrogen-bond acceptors (Lipinski definition) is 3. The fourth-order valence-corrected chi connectivity index (χ4v) is 0.984. The van der Waals surface area contributed by atoms with Gasteiger partial charge >= 0.3 is 5.97 Å². The van der Waals surface area contributed by atoms with Gasteiger partial charge in [-0.3, -0.25) is 9.48 Å². The number of hydrogen-bond donors (Lipinski definition) is 0. The van der Waals surface area contributed by atoms with Crippen LogP contribution in [0.2, 0.25) is 0 Å². The van der Waals surface area contributed by atoms with E-state index < -0.39 is 0 Å². The molecule has 0 bridgehead atoms. The Labute approximate surface area is 77.5 Å². The number of ether oxygens (including phenoxy) is 1. The van der Waals surface area contributed by atoms with Crippen LogP contribution in [-0.4, -0.2) is 21.9 Å². The molecule has 0 atom stereocenters. The van der Waals surface area contributed by atoms with Crippen LogP contribution in [0.15, 0.2) is 12.3 Å². The standard InChI is InChI=1S/C9H14N2O2/c1-7(2)13-9(12)6-11-5-4-8(3)10-11/h4-5,7H,6H2,1-3H3. The first kappa shape index (κ1) is 9.77. The topological polar surface area (TPSA) is 44.1 Å². The van der Waals surface area contributed by atoms with Crippen molar-refractivity contribution in [1.29, 1.82) is 0 Å². The van der Waals surface area contributed by atoms with E-state index in [1.807, 2.05) is 26.8 Å². The molecule has 13 heavy (non-hydrogen) atoms. The maximum atomic E-state index is 11.1. The van der Waals surface area contributed by atoms with Crippen molar-refractivity contribution >= 4 is 5.97 Å². The van der Waals surface area contributed by atoms with Crippen molar-refractivity contribution in [3.05, 3.63) is 18.0 Å². The summed E-state index contributed by atoms with van der Waals surface area (Å²) >= 11 is 0. The quantitative estimate of drug-likeness (QED) is 0.658. The number of rotatable bonds is 3. The van der Waals surface area contributed by atoms with Crippen molar-refractivity contribution in [2.24, 2.45) is 0 Å². The zero-order valence-electron chi connectivity index (χ0n) is 8.15. The van der Waals surface area contributed by atoms with Crippen molar-refractivity contribution in [1.82, 2.24) is 9.78 Å². The van der Waals surface area contributed by atoms with Crippen LogP contribution < -0.4 is 0 Å². The normalized spacial score (nSPS) is 10.5. The van der Waals surface area contributed by atoms with Crippen molar-refractivity contribution in [2.45, 2.75) is 33.4 Å². The van der Waals surface area contributed by atoms with E-state index in [0.717, 1.165) is 5.69 Å². The number of nitrogens with zero attached hydrogens (tertiary/aromatic N) is 2. The van der Waals surface area contributed by atoms with E-state index in [1.54, 1.807) is 10.9 Å². The van der Waals surface area contributed by atoms with Gasteiger partial charge in [0, 0.05) is 6.20 Å². The first-order valence-corrected chi connectivity index (χ1v) is 4.27. The van der Waals surface area contributed by atoms with Gasteiger partial charge in [-0.1, -0.05) is 0 Å². The molecule has 1 rings (SSSR count). The van der Waals surface area contributed by atoms with Crippen LogP contribution in [0.25, 0.3) is 0 Å². The summed E-state index contributed by atoms with van der Waals surface area (Å²) in [5.41, 5.74) is 0.900. The molecule has 4 heteroatoms. The lowest BCUT2D eigenvalue weighted by atomic mass is 10.5. The Hall–Kier alpha value is -1.32. The van der Waals surface area contributed by atoms with E-state index in [1.165, 1.54) is 0 Å². The third-order valence-corrected chi connectivity index (χ3v) is 1.43. The minimum atomic E-state index is -0.252. The van der Waals surface area contributed by atoms with E-state index in [0.29, 0.717) is 0 Å². The molecule has 4 nitrogen and oxygen atoms in total. The summed E-state index contributed by atoms with van der Waals surface area (Å²) in [6, 6.07) is 1.85. The second-order valence-corrected chi connectivity index (χ2v) is 3.19. The summed E-state index contributed by atoms with van der Waals surface area (Å²) in [7, 11) is 0. The zero-order valence-corrected chi connectivity index (χ0v) is 8.15. The summed E-state index contributed by atoms with van der Waals surface area (Å²) in [5.74, 6) is -0.252. The summed E-state index contributed by atoms with van der Waals surface area (Å²) < 4.78 is 6.53. The largest absolute Gasteiger partial charge is 0.462 e. The number of esters is 1. The van der Waals surface area contributed by atoms with Gasteiger partial charge in [-0.05, 0) is 26.8 Å². The second kappa shape index (κ2) is 4.07. The SMILES string of the molecule is Cc1ccn(CC(=O)OC(C)C)n1. The molecule has 0 amide bonds. The third-order valence-electron chi connectivity index (χ3n) is 1.43. The van der Waals surface area contributed by atoms with Crippen LogP contribution in [-0.2, 0) is 16.1 Å². The number of carbonyl (C=O) groups excluding carboxylic acids is 1. The predicted octanol–water partition coefficient (Wildman–Crippen LogP) is 1.14. The maximum absolute atomic E-state index is 11.1. The minimum absolute atomic E-state index is 0.0656. The van der Waals surface area contributed by atoms with Crippen LogP contribution >= 0.6 is 0 Å². The van der Waals surface area contributed by atoms with Gasteiger partial charge in [-0.15, -0.1) is 0 Å². The molecule has 0 saturated carbocycles. The second-order valence-electron chi connectivity index (χ2n) is 3.19. The minimum Gasteiger partial charge on any atom is -0.462 e. The van der Waals surface area contributed by atoms with E-state index in [-0.39, 0.29) is 18.6 Å². The molecule has 0 spiro atoms. The highest BCUT2D eigenvalue weighted by atomic mass is 16.5. The van der Waals surface area contributed by atoms with Gasteiger partial charge in [0.25, 0.3) is 0 Å². The van der Waals surface area contributed by atoms with E-state index in [4.69, 9.17) is 4.74 Å². The lowest BCUT2D eigenvalue weighted by molar-refractivity contribution is -0.148. The van der Waals surface area contributed by atoms with Crippen molar-refractivity contribution in [2.75, 3.05) is 0 Å². The lowest BCUT2D eigenvalue weighted by Gasteiger charge is -2.07. The van der Waals surface area contributed by atoms with E-state index in [2.05, 4.69) is 5.10 Å². The lowest BCUT2D eigenvalue weighted by Crippen LogP contribution is -2.17. The summed E-state index contributed by atoms with van der Waals surface area (Å²) in [6.07, 6.45) is 1.70. The highest BCUT2D eigenvalue weighted by Crippen LogP contribution is 1.95. The van der Waals surface area contributed by atoms with Crippen LogP contribution in [0.3, 0.4) is 0 Å². The predicted molar refractivity (Wildman–Crippen MR) is 48.2 cm³/mol. The average Bonchev–Trinajstić information content (AvgIpc) is 2.33. The number of aromatic nitrogens is 2. The fraction of sp³-hybridized carbons (Fsp3) is 0.556. The highest BCUT2D eigenvalue weighted by Gasteiger charge is 2.06. The Kier molecular flexibility index (Phi) is 3.06.